The minimum atomic E-state index is -0.628. The van der Waals surface area contributed by atoms with Crippen molar-refractivity contribution in [2.45, 2.75) is 26.7 Å². The van der Waals surface area contributed by atoms with Gasteiger partial charge in [-0.15, -0.1) is 0 Å². The van der Waals surface area contributed by atoms with Crippen molar-refractivity contribution in [3.8, 4) is 5.75 Å². The largest absolute Gasteiger partial charge is 0.508 e. The van der Waals surface area contributed by atoms with Gasteiger partial charge in [0.25, 0.3) is 0 Å². The lowest BCUT2D eigenvalue weighted by Crippen LogP contribution is -2.20. The number of carbonyl (C=O) groups is 1. The van der Waals surface area contributed by atoms with Gasteiger partial charge >= 0.3 is 0 Å². The van der Waals surface area contributed by atoms with E-state index in [2.05, 4.69) is 5.32 Å². The van der Waals surface area contributed by atoms with Gasteiger partial charge in [-0.25, -0.2) is 4.39 Å². The Morgan fingerprint density at radius 1 is 1.56 bits per heavy atom. The van der Waals surface area contributed by atoms with Crippen LogP contribution in [-0.2, 0) is 4.79 Å². The first kappa shape index (κ1) is 12.5. The fourth-order valence-electron chi connectivity index (χ4n) is 1.43. The van der Waals surface area contributed by atoms with Crippen molar-refractivity contribution in [3.05, 3.63) is 24.0 Å². The van der Waals surface area contributed by atoms with Crippen LogP contribution in [0, 0.1) is 11.7 Å². The van der Waals surface area contributed by atoms with E-state index in [1.807, 2.05) is 6.92 Å². The number of anilines is 1. The van der Waals surface area contributed by atoms with E-state index < -0.39 is 5.82 Å². The molecule has 88 valence electrons. The average molecular weight is 225 g/mol. The maximum atomic E-state index is 13.3. The van der Waals surface area contributed by atoms with Crippen molar-refractivity contribution in [1.82, 2.24) is 0 Å². The number of phenolic OH excluding ortho intramolecular Hbond substituents is 1. The Balaban J connectivity index is 2.69. The molecule has 0 spiro atoms. The molecule has 0 fully saturated rings. The summed E-state index contributed by atoms with van der Waals surface area (Å²) in [5.74, 6) is -1.13. The molecule has 1 unspecified atom stereocenters. The standard InChI is InChI=1S/C12H16FNO2/c1-3-4-8(2)12(16)14-11-6-5-9(15)7-10(11)13/h5-8,15H,3-4H2,1-2H3,(H,14,16). The second-order valence-corrected chi connectivity index (χ2v) is 3.84. The van der Waals surface area contributed by atoms with Gasteiger partial charge in [0.1, 0.15) is 11.6 Å². The molecule has 3 nitrogen and oxygen atoms in total. The number of phenols is 1. The zero-order valence-corrected chi connectivity index (χ0v) is 9.46. The van der Waals surface area contributed by atoms with Gasteiger partial charge < -0.3 is 10.4 Å². The Labute approximate surface area is 94.3 Å². The highest BCUT2D eigenvalue weighted by Crippen LogP contribution is 2.20. The molecule has 2 N–H and O–H groups in total. The van der Waals surface area contributed by atoms with Crippen LogP contribution in [0.2, 0.25) is 0 Å². The first-order valence-corrected chi connectivity index (χ1v) is 5.34. The predicted octanol–water partition coefficient (Wildman–Crippen LogP) is 2.91. The topological polar surface area (TPSA) is 49.3 Å². The normalized spacial score (nSPS) is 12.2. The zero-order valence-electron chi connectivity index (χ0n) is 9.46. The van der Waals surface area contributed by atoms with E-state index in [9.17, 15) is 9.18 Å². The first-order chi connectivity index (χ1) is 7.54. The summed E-state index contributed by atoms with van der Waals surface area (Å²) in [6.45, 7) is 3.79. The summed E-state index contributed by atoms with van der Waals surface area (Å²) >= 11 is 0. The van der Waals surface area contributed by atoms with Crippen molar-refractivity contribution in [2.24, 2.45) is 5.92 Å². The number of nitrogens with one attached hydrogen (secondary N) is 1. The van der Waals surface area contributed by atoms with Gasteiger partial charge in [0.15, 0.2) is 0 Å². The van der Waals surface area contributed by atoms with Gasteiger partial charge in [0.05, 0.1) is 5.69 Å². The van der Waals surface area contributed by atoms with E-state index in [0.717, 1.165) is 18.9 Å². The Morgan fingerprint density at radius 3 is 2.81 bits per heavy atom. The van der Waals surface area contributed by atoms with E-state index in [0.29, 0.717) is 0 Å². The molecule has 0 bridgehead atoms. The van der Waals surface area contributed by atoms with Crippen LogP contribution in [0.5, 0.6) is 5.75 Å². The quantitative estimate of drug-likeness (QED) is 0.774. The van der Waals surface area contributed by atoms with Gasteiger partial charge in [-0.05, 0) is 18.6 Å². The number of carbonyl (C=O) groups excluding carboxylic acids is 1. The molecule has 1 aromatic carbocycles. The number of amides is 1. The highest BCUT2D eigenvalue weighted by Gasteiger charge is 2.13. The predicted molar refractivity (Wildman–Crippen MR) is 60.8 cm³/mol. The molecule has 1 amide bonds. The number of hydrogen-bond acceptors (Lipinski definition) is 2. The van der Waals surface area contributed by atoms with E-state index in [1.165, 1.54) is 12.1 Å². The number of halogens is 1. The van der Waals surface area contributed by atoms with Crippen LogP contribution < -0.4 is 5.32 Å². The maximum absolute atomic E-state index is 13.3. The molecule has 0 aromatic heterocycles. The van der Waals surface area contributed by atoms with Gasteiger partial charge in [-0.3, -0.25) is 4.79 Å². The number of hydrogen-bond donors (Lipinski definition) is 2. The lowest BCUT2D eigenvalue weighted by Gasteiger charge is -2.11. The Hall–Kier alpha value is -1.58. The summed E-state index contributed by atoms with van der Waals surface area (Å²) in [7, 11) is 0. The van der Waals surface area contributed by atoms with Gasteiger partial charge in [0, 0.05) is 12.0 Å². The monoisotopic (exact) mass is 225 g/mol. The Morgan fingerprint density at radius 2 is 2.25 bits per heavy atom. The van der Waals surface area contributed by atoms with Crippen molar-refractivity contribution < 1.29 is 14.3 Å². The Bertz CT molecular complexity index is 379. The van der Waals surface area contributed by atoms with Crippen LogP contribution in [0.3, 0.4) is 0 Å². The first-order valence-electron chi connectivity index (χ1n) is 5.34. The van der Waals surface area contributed by atoms with Crippen LogP contribution in [-0.4, -0.2) is 11.0 Å². The highest BCUT2D eigenvalue weighted by molar-refractivity contribution is 5.92. The van der Waals surface area contributed by atoms with Gasteiger partial charge in [0.2, 0.25) is 5.91 Å². The van der Waals surface area contributed by atoms with E-state index >= 15 is 0 Å². The summed E-state index contributed by atoms with van der Waals surface area (Å²) < 4.78 is 13.3. The summed E-state index contributed by atoms with van der Waals surface area (Å²) in [6.07, 6.45) is 1.68. The molecule has 0 aliphatic rings. The molecule has 0 saturated heterocycles. The SMILES string of the molecule is CCCC(C)C(=O)Nc1ccc(O)cc1F. The third kappa shape index (κ3) is 3.22. The third-order valence-electron chi connectivity index (χ3n) is 2.38. The number of aromatic hydroxyl groups is 1. The smallest absolute Gasteiger partial charge is 0.227 e. The van der Waals surface area contributed by atoms with Crippen molar-refractivity contribution in [1.29, 1.82) is 0 Å². The molecule has 0 saturated carbocycles. The summed E-state index contributed by atoms with van der Waals surface area (Å²) in [4.78, 5) is 11.6. The van der Waals surface area contributed by atoms with Gasteiger partial charge in [-0.1, -0.05) is 20.3 Å². The molecule has 0 aliphatic heterocycles. The van der Waals surface area contributed by atoms with E-state index in [1.54, 1.807) is 6.92 Å². The van der Waals surface area contributed by atoms with Gasteiger partial charge in [-0.2, -0.15) is 0 Å². The summed E-state index contributed by atoms with van der Waals surface area (Å²) in [5, 5.41) is 11.5. The molecule has 0 radical (unpaired) electrons. The van der Waals surface area contributed by atoms with Crippen LogP contribution in [0.1, 0.15) is 26.7 Å². The van der Waals surface area contributed by atoms with E-state index in [-0.39, 0.29) is 23.3 Å². The molecule has 1 aromatic rings. The van der Waals surface area contributed by atoms with Crippen LogP contribution >= 0.6 is 0 Å². The summed E-state index contributed by atoms with van der Waals surface area (Å²) in [6, 6.07) is 3.66. The molecule has 4 heteroatoms. The molecular weight excluding hydrogens is 209 g/mol. The lowest BCUT2D eigenvalue weighted by atomic mass is 10.1. The fourth-order valence-corrected chi connectivity index (χ4v) is 1.43. The number of benzene rings is 1. The van der Waals surface area contributed by atoms with Crippen molar-refractivity contribution in [2.75, 3.05) is 5.32 Å². The number of rotatable bonds is 4. The molecule has 1 rings (SSSR count). The van der Waals surface area contributed by atoms with Crippen molar-refractivity contribution >= 4 is 11.6 Å². The average Bonchev–Trinajstić information content (AvgIpc) is 2.22. The molecule has 1 atom stereocenters. The molecular formula is C12H16FNO2. The minimum Gasteiger partial charge on any atom is -0.508 e. The van der Waals surface area contributed by atoms with E-state index in [4.69, 9.17) is 5.11 Å². The second-order valence-electron chi connectivity index (χ2n) is 3.84. The molecule has 0 aliphatic carbocycles. The third-order valence-corrected chi connectivity index (χ3v) is 2.38. The minimum absolute atomic E-state index is 0.103. The maximum Gasteiger partial charge on any atom is 0.227 e. The molecule has 16 heavy (non-hydrogen) atoms. The Kier molecular flexibility index (Phi) is 4.28. The molecule has 0 heterocycles. The van der Waals surface area contributed by atoms with Crippen molar-refractivity contribution in [3.63, 3.8) is 0 Å². The van der Waals surface area contributed by atoms with Crippen LogP contribution in [0.25, 0.3) is 0 Å². The van der Waals surface area contributed by atoms with Crippen LogP contribution in [0.4, 0.5) is 10.1 Å². The zero-order chi connectivity index (χ0) is 12.1. The summed E-state index contributed by atoms with van der Waals surface area (Å²) in [5.41, 5.74) is 0.103. The second kappa shape index (κ2) is 5.49. The highest BCUT2D eigenvalue weighted by atomic mass is 19.1. The van der Waals surface area contributed by atoms with Crippen LogP contribution in [0.15, 0.2) is 18.2 Å². The lowest BCUT2D eigenvalue weighted by molar-refractivity contribution is -0.119. The fraction of sp³-hybridized carbons (Fsp3) is 0.417.